The molecule has 0 bridgehead atoms. The zero-order valence-corrected chi connectivity index (χ0v) is 6.47. The number of ether oxygens (including phenoxy) is 1. The molecule has 0 amide bonds. The Hall–Kier alpha value is -0.0800. The summed E-state index contributed by atoms with van der Waals surface area (Å²) in [4.78, 5) is 0. The van der Waals surface area contributed by atoms with Gasteiger partial charge in [0.15, 0.2) is 0 Å². The topological polar surface area (TPSA) is 21.3 Å². The highest BCUT2D eigenvalue weighted by molar-refractivity contribution is 4.89. The third kappa shape index (κ3) is 1.32. The maximum absolute atomic E-state index is 5.43. The van der Waals surface area contributed by atoms with Crippen LogP contribution in [-0.2, 0) is 4.74 Å². The predicted octanol–water partition coefficient (Wildman–Crippen LogP) is 0.916. The summed E-state index contributed by atoms with van der Waals surface area (Å²) in [6, 6.07) is 1.47. The Kier molecular flexibility index (Phi) is 1.66. The van der Waals surface area contributed by atoms with Crippen LogP contribution in [0.2, 0.25) is 0 Å². The van der Waals surface area contributed by atoms with Crippen LogP contribution in [0.5, 0.6) is 0 Å². The lowest BCUT2D eigenvalue weighted by Crippen LogP contribution is -2.36. The van der Waals surface area contributed by atoms with Gasteiger partial charge >= 0.3 is 0 Å². The van der Waals surface area contributed by atoms with E-state index in [0.29, 0.717) is 12.1 Å². The molecule has 0 spiro atoms. The fourth-order valence-electron chi connectivity index (χ4n) is 1.50. The van der Waals surface area contributed by atoms with Gasteiger partial charge in [-0.05, 0) is 26.2 Å². The molecule has 2 rings (SSSR count). The van der Waals surface area contributed by atoms with Crippen molar-refractivity contribution in [2.24, 2.45) is 0 Å². The van der Waals surface area contributed by atoms with Crippen LogP contribution in [0, 0.1) is 0 Å². The lowest BCUT2D eigenvalue weighted by Gasteiger charge is -2.14. The zero-order chi connectivity index (χ0) is 6.97. The number of nitrogens with one attached hydrogen (secondary N) is 1. The normalized spacial score (nSPS) is 40.5. The van der Waals surface area contributed by atoms with E-state index in [9.17, 15) is 0 Å². The minimum absolute atomic E-state index is 0.445. The molecule has 2 aliphatic rings. The molecule has 0 radical (unpaired) electrons. The van der Waals surface area contributed by atoms with E-state index in [0.717, 1.165) is 12.6 Å². The molecule has 0 aromatic heterocycles. The van der Waals surface area contributed by atoms with Crippen molar-refractivity contribution in [1.82, 2.24) is 5.32 Å². The Morgan fingerprint density at radius 2 is 2.10 bits per heavy atom. The Morgan fingerprint density at radius 3 is 2.60 bits per heavy atom. The average Bonchev–Trinajstić information content (AvgIpc) is 2.62. The van der Waals surface area contributed by atoms with Gasteiger partial charge in [0.1, 0.15) is 0 Å². The first-order chi connectivity index (χ1) is 4.86. The van der Waals surface area contributed by atoms with E-state index in [1.165, 1.54) is 19.3 Å². The predicted molar refractivity (Wildman–Crippen MR) is 40.0 cm³/mol. The zero-order valence-electron chi connectivity index (χ0n) is 6.47. The van der Waals surface area contributed by atoms with E-state index in [1.54, 1.807) is 0 Å². The lowest BCUT2D eigenvalue weighted by atomic mass is 10.1. The summed E-state index contributed by atoms with van der Waals surface area (Å²) in [7, 11) is 0. The molecular weight excluding hydrogens is 126 g/mol. The molecule has 2 nitrogen and oxygen atoms in total. The summed E-state index contributed by atoms with van der Waals surface area (Å²) in [5.74, 6) is 0. The molecule has 1 saturated carbocycles. The highest BCUT2D eigenvalue weighted by atomic mass is 16.5. The smallest absolute Gasteiger partial charge is 0.0700 e. The third-order valence-electron chi connectivity index (χ3n) is 2.40. The highest BCUT2D eigenvalue weighted by Crippen LogP contribution is 2.23. The maximum atomic E-state index is 5.43. The van der Waals surface area contributed by atoms with Gasteiger partial charge in [0.05, 0.1) is 6.10 Å². The minimum atomic E-state index is 0.445. The number of hydrogen-bond acceptors (Lipinski definition) is 2. The van der Waals surface area contributed by atoms with Crippen molar-refractivity contribution in [2.45, 2.75) is 44.4 Å². The van der Waals surface area contributed by atoms with Crippen molar-refractivity contribution in [3.63, 3.8) is 0 Å². The second-order valence-corrected chi connectivity index (χ2v) is 3.41. The van der Waals surface area contributed by atoms with E-state index in [1.807, 2.05) is 0 Å². The van der Waals surface area contributed by atoms with Crippen molar-refractivity contribution in [3.8, 4) is 0 Å². The summed E-state index contributed by atoms with van der Waals surface area (Å²) in [6.07, 6.45) is 4.41. The van der Waals surface area contributed by atoms with E-state index in [4.69, 9.17) is 4.74 Å². The van der Waals surface area contributed by atoms with E-state index in [2.05, 4.69) is 12.2 Å². The van der Waals surface area contributed by atoms with Crippen molar-refractivity contribution in [2.75, 3.05) is 6.61 Å². The second-order valence-electron chi connectivity index (χ2n) is 3.41. The van der Waals surface area contributed by atoms with Gasteiger partial charge in [-0.15, -0.1) is 0 Å². The van der Waals surface area contributed by atoms with Gasteiger partial charge in [-0.3, -0.25) is 0 Å². The fraction of sp³-hybridized carbons (Fsp3) is 1.00. The Labute approximate surface area is 61.9 Å². The van der Waals surface area contributed by atoms with Gasteiger partial charge < -0.3 is 10.1 Å². The Morgan fingerprint density at radius 1 is 1.30 bits per heavy atom. The molecule has 1 aliphatic heterocycles. The molecule has 1 heterocycles. The van der Waals surface area contributed by atoms with Crippen LogP contribution in [0.3, 0.4) is 0 Å². The van der Waals surface area contributed by atoms with Crippen LogP contribution in [0.15, 0.2) is 0 Å². The molecule has 1 aliphatic carbocycles. The number of rotatable bonds is 2. The lowest BCUT2D eigenvalue weighted by molar-refractivity contribution is 0.113. The fourth-order valence-corrected chi connectivity index (χ4v) is 1.50. The molecular formula is C8H15NO. The molecule has 2 heteroatoms. The summed E-state index contributed by atoms with van der Waals surface area (Å²) in [5, 5.41) is 3.58. The SMILES string of the molecule is C[C@H]1OCC[C@@H]1NC1CC1. The summed E-state index contributed by atoms with van der Waals surface area (Å²) < 4.78 is 5.43. The average molecular weight is 141 g/mol. The van der Waals surface area contributed by atoms with Crippen LogP contribution in [-0.4, -0.2) is 24.8 Å². The first-order valence-electron chi connectivity index (χ1n) is 4.24. The second kappa shape index (κ2) is 2.51. The van der Waals surface area contributed by atoms with E-state index in [-0.39, 0.29) is 0 Å². The Balaban J connectivity index is 1.79. The van der Waals surface area contributed by atoms with Crippen LogP contribution >= 0.6 is 0 Å². The molecule has 0 unspecified atom stereocenters. The van der Waals surface area contributed by atoms with Crippen molar-refractivity contribution >= 4 is 0 Å². The molecule has 1 saturated heterocycles. The number of hydrogen-bond donors (Lipinski definition) is 1. The monoisotopic (exact) mass is 141 g/mol. The summed E-state index contributed by atoms with van der Waals surface area (Å²) in [5.41, 5.74) is 0. The molecule has 58 valence electrons. The van der Waals surface area contributed by atoms with Crippen molar-refractivity contribution in [3.05, 3.63) is 0 Å². The minimum Gasteiger partial charge on any atom is -0.377 e. The summed E-state index contributed by atoms with van der Waals surface area (Å²) >= 11 is 0. The Bertz CT molecular complexity index is 122. The standard InChI is InChI=1S/C8H15NO/c1-6-8(4-5-10-6)9-7-2-3-7/h6-9H,2-5H2,1H3/t6-,8+/m1/s1. The van der Waals surface area contributed by atoms with Gasteiger partial charge in [0, 0.05) is 18.7 Å². The van der Waals surface area contributed by atoms with Gasteiger partial charge in [0.2, 0.25) is 0 Å². The molecule has 0 aromatic rings. The van der Waals surface area contributed by atoms with Crippen molar-refractivity contribution < 1.29 is 4.74 Å². The largest absolute Gasteiger partial charge is 0.377 e. The van der Waals surface area contributed by atoms with Gasteiger partial charge in [-0.1, -0.05) is 0 Å². The van der Waals surface area contributed by atoms with Gasteiger partial charge in [-0.25, -0.2) is 0 Å². The molecule has 1 N–H and O–H groups in total. The van der Waals surface area contributed by atoms with E-state index < -0.39 is 0 Å². The van der Waals surface area contributed by atoms with Crippen LogP contribution in [0.25, 0.3) is 0 Å². The quantitative estimate of drug-likeness (QED) is 0.617. The molecule has 10 heavy (non-hydrogen) atoms. The third-order valence-corrected chi connectivity index (χ3v) is 2.40. The van der Waals surface area contributed by atoms with Gasteiger partial charge in [0.25, 0.3) is 0 Å². The van der Waals surface area contributed by atoms with Crippen LogP contribution < -0.4 is 5.32 Å². The first kappa shape index (κ1) is 6.62. The van der Waals surface area contributed by atoms with E-state index >= 15 is 0 Å². The van der Waals surface area contributed by atoms with Gasteiger partial charge in [-0.2, -0.15) is 0 Å². The van der Waals surface area contributed by atoms with Crippen LogP contribution in [0.4, 0.5) is 0 Å². The first-order valence-corrected chi connectivity index (χ1v) is 4.24. The van der Waals surface area contributed by atoms with Crippen molar-refractivity contribution in [1.29, 1.82) is 0 Å². The molecule has 2 fully saturated rings. The molecule has 2 atom stereocenters. The highest BCUT2D eigenvalue weighted by Gasteiger charge is 2.30. The summed E-state index contributed by atoms with van der Waals surface area (Å²) in [6.45, 7) is 3.11. The van der Waals surface area contributed by atoms with Crippen LogP contribution in [0.1, 0.15) is 26.2 Å². The molecule has 0 aromatic carbocycles. The maximum Gasteiger partial charge on any atom is 0.0700 e.